The molecule has 32 heavy (non-hydrogen) atoms. The largest absolute Gasteiger partial charge is 0.507 e. The van der Waals surface area contributed by atoms with Crippen LogP contribution in [0.25, 0.3) is 0 Å². The minimum Gasteiger partial charge on any atom is -0.507 e. The maximum Gasteiger partial charge on any atom is 0.235 e. The van der Waals surface area contributed by atoms with Crippen molar-refractivity contribution >= 4 is 29.0 Å². The number of aryl methyl sites for hydroxylation is 1. The summed E-state index contributed by atoms with van der Waals surface area (Å²) in [4.78, 5) is 66.3. The Kier molecular flexibility index (Phi) is 4.89. The Labute approximate surface area is 183 Å². The minimum atomic E-state index is -2.81. The number of carbonyl (C=O) groups is 5. The molecule has 1 aromatic rings. The highest BCUT2D eigenvalue weighted by molar-refractivity contribution is 6.32. The average molecular weight is 444 g/mol. The van der Waals surface area contributed by atoms with Crippen LogP contribution < -0.4 is 5.73 Å². The van der Waals surface area contributed by atoms with Gasteiger partial charge in [0.25, 0.3) is 0 Å². The number of fused-ring (bicyclic) bond motifs is 3. The summed E-state index contributed by atoms with van der Waals surface area (Å²) < 4.78 is 0. The van der Waals surface area contributed by atoms with Crippen molar-refractivity contribution in [3.8, 4) is 5.75 Å². The number of hydrogen-bond acceptors (Lipinski definition) is 9. The Balaban J connectivity index is 1.93. The van der Waals surface area contributed by atoms with Crippen LogP contribution in [-0.4, -0.2) is 75.0 Å². The second-order valence-corrected chi connectivity index (χ2v) is 9.12. The van der Waals surface area contributed by atoms with Gasteiger partial charge in [0.2, 0.25) is 5.91 Å². The van der Waals surface area contributed by atoms with Crippen LogP contribution in [0.4, 0.5) is 0 Å². The number of ketones is 4. The number of nitrogens with zero attached hydrogens (tertiary/aromatic N) is 1. The van der Waals surface area contributed by atoms with E-state index in [9.17, 15) is 39.3 Å². The standard InChI is InChI=1S/C22H24N2O8/c1-7-4-5-10(25)13-11(7)16(26)8-6-9-15(24(2)3)18(28)14(21(23)31)20(30)22(9,32)19(29)12(8)17(13)27/h4-5,8-9,12,14-16,25-26,32H,6H2,1-3H3,(H2,23,31). The molecule has 7 unspecified atom stereocenters. The molecule has 3 aliphatic carbocycles. The van der Waals surface area contributed by atoms with Gasteiger partial charge in [-0.2, -0.15) is 0 Å². The predicted molar refractivity (Wildman–Crippen MR) is 107 cm³/mol. The number of likely N-dealkylation sites (N-methyl/N-ethyl adjacent to an activating group) is 1. The molecule has 0 bridgehead atoms. The number of carbonyl (C=O) groups excluding carboxylic acids is 5. The zero-order chi connectivity index (χ0) is 23.9. The third-order valence-corrected chi connectivity index (χ3v) is 7.26. The highest BCUT2D eigenvalue weighted by Crippen LogP contribution is 2.54. The van der Waals surface area contributed by atoms with Gasteiger partial charge in [0, 0.05) is 11.8 Å². The van der Waals surface area contributed by atoms with E-state index in [0.717, 1.165) is 0 Å². The molecule has 0 saturated heterocycles. The van der Waals surface area contributed by atoms with Crippen molar-refractivity contribution in [2.75, 3.05) is 14.1 Å². The minimum absolute atomic E-state index is 0.180. The third-order valence-electron chi connectivity index (χ3n) is 7.26. The summed E-state index contributed by atoms with van der Waals surface area (Å²) in [5.41, 5.74) is 2.92. The number of aromatic hydroxyl groups is 1. The number of phenols is 1. The first kappa shape index (κ1) is 22.3. The van der Waals surface area contributed by atoms with Crippen molar-refractivity contribution < 1.29 is 39.3 Å². The van der Waals surface area contributed by atoms with Crippen molar-refractivity contribution in [3.63, 3.8) is 0 Å². The molecule has 0 heterocycles. The van der Waals surface area contributed by atoms with E-state index in [2.05, 4.69) is 0 Å². The van der Waals surface area contributed by atoms with E-state index in [-0.39, 0.29) is 17.5 Å². The third kappa shape index (κ3) is 2.60. The molecule has 170 valence electrons. The molecule has 0 aromatic heterocycles. The molecule has 2 saturated carbocycles. The smallest absolute Gasteiger partial charge is 0.235 e. The van der Waals surface area contributed by atoms with Crippen LogP contribution in [-0.2, 0) is 19.2 Å². The zero-order valence-electron chi connectivity index (χ0n) is 17.7. The number of primary amides is 1. The number of hydrogen-bond donors (Lipinski definition) is 4. The Hall–Kier alpha value is -2.95. The van der Waals surface area contributed by atoms with Gasteiger partial charge < -0.3 is 21.1 Å². The molecular formula is C22H24N2O8. The predicted octanol–water partition coefficient (Wildman–Crippen LogP) is -1.33. The lowest BCUT2D eigenvalue weighted by molar-refractivity contribution is -0.184. The molecule has 1 amide bonds. The highest BCUT2D eigenvalue weighted by Gasteiger charge is 2.70. The van der Waals surface area contributed by atoms with Gasteiger partial charge >= 0.3 is 0 Å². The van der Waals surface area contributed by atoms with Crippen LogP contribution >= 0.6 is 0 Å². The monoisotopic (exact) mass is 444 g/mol. The van der Waals surface area contributed by atoms with E-state index in [1.807, 2.05) is 0 Å². The Bertz CT molecular complexity index is 1100. The quantitative estimate of drug-likeness (QED) is 0.403. The van der Waals surface area contributed by atoms with Gasteiger partial charge in [0.05, 0.1) is 23.6 Å². The van der Waals surface area contributed by atoms with Gasteiger partial charge in [-0.05, 0) is 44.6 Å². The number of amides is 1. The summed E-state index contributed by atoms with van der Waals surface area (Å²) in [7, 11) is 2.99. The van der Waals surface area contributed by atoms with Gasteiger partial charge in [-0.25, -0.2) is 0 Å². The molecule has 3 aliphatic rings. The van der Waals surface area contributed by atoms with Gasteiger partial charge in [-0.15, -0.1) is 0 Å². The second-order valence-electron chi connectivity index (χ2n) is 9.12. The Morgan fingerprint density at radius 3 is 2.34 bits per heavy atom. The molecule has 7 atom stereocenters. The topological polar surface area (TPSA) is 175 Å². The highest BCUT2D eigenvalue weighted by atomic mass is 16.3. The summed E-state index contributed by atoms with van der Waals surface area (Å²) >= 11 is 0. The molecule has 1 aromatic carbocycles. The number of aliphatic hydroxyl groups excluding tert-OH is 1. The van der Waals surface area contributed by atoms with Gasteiger partial charge in [-0.3, -0.25) is 28.9 Å². The molecular weight excluding hydrogens is 420 g/mol. The van der Waals surface area contributed by atoms with Gasteiger partial charge in [-0.1, -0.05) is 6.07 Å². The molecule has 5 N–H and O–H groups in total. The van der Waals surface area contributed by atoms with Crippen LogP contribution in [0.3, 0.4) is 0 Å². The number of benzene rings is 1. The maximum atomic E-state index is 13.6. The average Bonchev–Trinajstić information content (AvgIpc) is 2.69. The van der Waals surface area contributed by atoms with Crippen LogP contribution in [0.1, 0.15) is 34.0 Å². The Morgan fingerprint density at radius 2 is 1.78 bits per heavy atom. The fourth-order valence-electron chi connectivity index (χ4n) is 5.82. The van der Waals surface area contributed by atoms with Crippen molar-refractivity contribution in [1.82, 2.24) is 4.90 Å². The Morgan fingerprint density at radius 1 is 1.16 bits per heavy atom. The van der Waals surface area contributed by atoms with Crippen molar-refractivity contribution in [2.24, 2.45) is 29.4 Å². The van der Waals surface area contributed by atoms with Crippen LogP contribution in [0, 0.1) is 30.6 Å². The lowest BCUT2D eigenvalue weighted by Crippen LogP contribution is -2.74. The number of phenolic OH excluding ortho intramolecular Hbond substituents is 1. The van der Waals surface area contributed by atoms with E-state index >= 15 is 0 Å². The lowest BCUT2D eigenvalue weighted by atomic mass is 9.51. The molecule has 0 spiro atoms. The van der Waals surface area contributed by atoms with Gasteiger partial charge in [0.1, 0.15) is 5.75 Å². The summed E-state index contributed by atoms with van der Waals surface area (Å²) in [6, 6.07) is 1.58. The van der Waals surface area contributed by atoms with Crippen molar-refractivity contribution in [2.45, 2.75) is 31.1 Å². The first-order chi connectivity index (χ1) is 14.8. The summed E-state index contributed by atoms with van der Waals surface area (Å²) in [6.45, 7) is 1.64. The molecule has 10 heteroatoms. The maximum absolute atomic E-state index is 13.6. The van der Waals surface area contributed by atoms with E-state index < -0.39 is 76.2 Å². The van der Waals surface area contributed by atoms with Crippen LogP contribution in [0.15, 0.2) is 12.1 Å². The fourth-order valence-corrected chi connectivity index (χ4v) is 5.82. The fraction of sp³-hybridized carbons (Fsp3) is 0.500. The first-order valence-electron chi connectivity index (χ1n) is 10.2. The molecule has 10 nitrogen and oxygen atoms in total. The molecule has 4 rings (SSSR count). The molecule has 0 radical (unpaired) electrons. The summed E-state index contributed by atoms with van der Waals surface area (Å²) in [5.74, 6) is -11.9. The van der Waals surface area contributed by atoms with Crippen molar-refractivity contribution in [3.05, 3.63) is 28.8 Å². The van der Waals surface area contributed by atoms with Gasteiger partial charge in [0.15, 0.2) is 34.7 Å². The SMILES string of the molecule is Cc1ccc(O)c2c1C(O)C1CC3C(N(C)C)C(=O)C(C(N)=O)C(=O)C3(O)C(=O)C1C2=O. The van der Waals surface area contributed by atoms with E-state index in [0.29, 0.717) is 5.56 Å². The van der Waals surface area contributed by atoms with Crippen LogP contribution in [0.5, 0.6) is 5.75 Å². The molecule has 2 fully saturated rings. The van der Waals surface area contributed by atoms with E-state index in [4.69, 9.17) is 5.73 Å². The number of nitrogens with two attached hydrogens (primary N) is 1. The second kappa shape index (κ2) is 7.03. The molecule has 0 aliphatic heterocycles. The first-order valence-corrected chi connectivity index (χ1v) is 10.2. The number of Topliss-reactive ketones (excluding diaryl/α,β-unsaturated/α-hetero) is 4. The van der Waals surface area contributed by atoms with E-state index in [1.165, 1.54) is 31.1 Å². The summed E-state index contributed by atoms with van der Waals surface area (Å²) in [6.07, 6.45) is -1.56. The van der Waals surface area contributed by atoms with Crippen molar-refractivity contribution in [1.29, 1.82) is 0 Å². The number of aliphatic hydroxyl groups is 2. The lowest BCUT2D eigenvalue weighted by Gasteiger charge is -2.53. The van der Waals surface area contributed by atoms with E-state index in [1.54, 1.807) is 6.92 Å². The normalized spacial score (nSPS) is 36.6. The zero-order valence-corrected chi connectivity index (χ0v) is 17.7. The summed E-state index contributed by atoms with van der Waals surface area (Å²) in [5, 5.41) is 32.8. The van der Waals surface area contributed by atoms with Crippen LogP contribution in [0.2, 0.25) is 0 Å². The number of rotatable bonds is 2.